The number of benzene rings is 7. The molecule has 51 heavy (non-hydrogen) atoms. The molecule has 2 N–H and O–H groups in total. The summed E-state index contributed by atoms with van der Waals surface area (Å²) in [4.78, 5) is 0. The van der Waals surface area contributed by atoms with Crippen molar-refractivity contribution in [1.29, 1.82) is 0 Å². The van der Waals surface area contributed by atoms with E-state index in [1.54, 1.807) is 0 Å². The van der Waals surface area contributed by atoms with Crippen molar-refractivity contribution >= 4 is 22.7 Å². The molecule has 0 aliphatic heterocycles. The first-order chi connectivity index (χ1) is 24.6. The summed E-state index contributed by atoms with van der Waals surface area (Å²) in [6.45, 7) is 11.3. The first kappa shape index (κ1) is 33.6. The van der Waals surface area contributed by atoms with Gasteiger partial charge in [0.05, 0.1) is 0 Å². The minimum atomic E-state index is 0.0286. The summed E-state index contributed by atoms with van der Waals surface area (Å²) in [5, 5.41) is 7.04. The van der Waals surface area contributed by atoms with Gasteiger partial charge in [0, 0.05) is 28.2 Å². The van der Waals surface area contributed by atoms with E-state index in [9.17, 15) is 0 Å². The predicted octanol–water partition coefficient (Wildman–Crippen LogP) is 13.8. The maximum absolute atomic E-state index is 3.58. The van der Waals surface area contributed by atoms with Crippen molar-refractivity contribution in [2.75, 3.05) is 10.6 Å². The Hall–Kier alpha value is -5.86. The SMILES string of the molecule is CC(C)(C)c1ccc(Nc2ccc(-c3ccccc3)cc2)cc1.CC1(C)c2ccccc2-c2ccc(Nc3ccc(-c4ccccc4)cc3)cc21. The monoisotopic (exact) mass is 662 g/mol. The van der Waals surface area contributed by atoms with Crippen LogP contribution in [0.5, 0.6) is 0 Å². The Morgan fingerprint density at radius 3 is 1.27 bits per heavy atom. The van der Waals surface area contributed by atoms with E-state index in [0.717, 1.165) is 22.7 Å². The Morgan fingerprint density at radius 2 is 0.765 bits per heavy atom. The number of fused-ring (bicyclic) bond motifs is 3. The second-order valence-corrected chi connectivity index (χ2v) is 14.9. The molecule has 0 fully saturated rings. The zero-order valence-electron chi connectivity index (χ0n) is 30.2. The molecular weight excluding hydrogens is 617 g/mol. The van der Waals surface area contributed by atoms with Gasteiger partial charge in [-0.05, 0) is 104 Å². The van der Waals surface area contributed by atoms with Gasteiger partial charge in [-0.25, -0.2) is 0 Å². The van der Waals surface area contributed by atoms with Crippen molar-refractivity contribution in [2.45, 2.75) is 45.4 Å². The lowest BCUT2D eigenvalue weighted by atomic mass is 9.82. The van der Waals surface area contributed by atoms with Crippen LogP contribution in [0.2, 0.25) is 0 Å². The lowest BCUT2D eigenvalue weighted by molar-refractivity contribution is 0.590. The smallest absolute Gasteiger partial charge is 0.0387 e. The fraction of sp³-hybridized carbons (Fsp3) is 0.143. The van der Waals surface area contributed by atoms with E-state index in [0.29, 0.717) is 0 Å². The molecule has 2 nitrogen and oxygen atoms in total. The van der Waals surface area contributed by atoms with E-state index in [-0.39, 0.29) is 10.8 Å². The lowest BCUT2D eigenvalue weighted by Gasteiger charge is -2.22. The molecule has 1 aliphatic carbocycles. The Kier molecular flexibility index (Phi) is 9.34. The highest BCUT2D eigenvalue weighted by Gasteiger charge is 2.35. The molecule has 1 aliphatic rings. The Labute approximate surface area is 303 Å². The van der Waals surface area contributed by atoms with Crippen molar-refractivity contribution in [2.24, 2.45) is 0 Å². The van der Waals surface area contributed by atoms with Crippen molar-refractivity contribution in [3.05, 3.63) is 193 Å². The van der Waals surface area contributed by atoms with E-state index in [4.69, 9.17) is 0 Å². The molecule has 0 radical (unpaired) electrons. The fourth-order valence-corrected chi connectivity index (χ4v) is 6.92. The highest BCUT2D eigenvalue weighted by molar-refractivity contribution is 5.83. The van der Waals surface area contributed by atoms with Crippen LogP contribution in [0, 0.1) is 0 Å². The first-order valence-corrected chi connectivity index (χ1v) is 17.9. The molecule has 0 saturated carbocycles. The highest BCUT2D eigenvalue weighted by atomic mass is 14.9. The second kappa shape index (κ2) is 14.2. The van der Waals surface area contributed by atoms with Crippen LogP contribution in [0.4, 0.5) is 22.7 Å². The van der Waals surface area contributed by atoms with Gasteiger partial charge in [-0.3, -0.25) is 0 Å². The van der Waals surface area contributed by atoms with Crippen LogP contribution in [0.25, 0.3) is 33.4 Å². The standard InChI is InChI=1S/C27H23N.C22H23N/c1-27(2)25-11-7-6-10-23(25)24-17-16-22(18-26(24)27)28-21-14-12-20(13-15-21)19-8-4-3-5-9-19;1-22(2,3)19-11-15-21(16-12-19)23-20-13-9-18(10-14-20)17-7-5-4-6-8-17/h3-18,28H,1-2H3;4-16,23H,1-3H3. The maximum atomic E-state index is 3.58. The maximum Gasteiger partial charge on any atom is 0.0387 e. The van der Waals surface area contributed by atoms with Crippen LogP contribution in [0.15, 0.2) is 176 Å². The lowest BCUT2D eigenvalue weighted by Crippen LogP contribution is -2.15. The molecule has 0 unspecified atom stereocenters. The van der Waals surface area contributed by atoms with Gasteiger partial charge in [-0.1, -0.05) is 162 Å². The molecule has 252 valence electrons. The Morgan fingerprint density at radius 1 is 0.373 bits per heavy atom. The first-order valence-electron chi connectivity index (χ1n) is 17.9. The molecule has 7 aromatic carbocycles. The van der Waals surface area contributed by atoms with Gasteiger partial charge in [0.1, 0.15) is 0 Å². The predicted molar refractivity (Wildman–Crippen MR) is 219 cm³/mol. The highest BCUT2D eigenvalue weighted by Crippen LogP contribution is 2.49. The van der Waals surface area contributed by atoms with Crippen molar-refractivity contribution in [3.63, 3.8) is 0 Å². The zero-order chi connectivity index (χ0) is 35.4. The summed E-state index contributed by atoms with van der Waals surface area (Å²) >= 11 is 0. The van der Waals surface area contributed by atoms with Gasteiger partial charge >= 0.3 is 0 Å². The van der Waals surface area contributed by atoms with Crippen LogP contribution in [0.1, 0.15) is 51.3 Å². The van der Waals surface area contributed by atoms with Crippen LogP contribution in [0.3, 0.4) is 0 Å². The largest absolute Gasteiger partial charge is 0.356 e. The number of rotatable bonds is 6. The summed E-state index contributed by atoms with van der Waals surface area (Å²) in [7, 11) is 0. The normalized spacial score (nSPS) is 12.6. The zero-order valence-corrected chi connectivity index (χ0v) is 30.2. The molecular formula is C49H46N2. The molecule has 8 rings (SSSR count). The molecule has 0 saturated heterocycles. The third kappa shape index (κ3) is 7.51. The molecule has 0 spiro atoms. The van der Waals surface area contributed by atoms with E-state index in [1.807, 2.05) is 12.1 Å². The summed E-state index contributed by atoms with van der Waals surface area (Å²) in [5.74, 6) is 0. The van der Waals surface area contributed by atoms with Gasteiger partial charge in [0.2, 0.25) is 0 Å². The van der Waals surface area contributed by atoms with E-state index < -0.39 is 0 Å². The van der Waals surface area contributed by atoms with Gasteiger partial charge in [-0.2, -0.15) is 0 Å². The van der Waals surface area contributed by atoms with E-state index in [1.165, 1.54) is 50.1 Å². The number of hydrogen-bond acceptors (Lipinski definition) is 2. The molecule has 0 atom stereocenters. The van der Waals surface area contributed by atoms with Gasteiger partial charge < -0.3 is 10.6 Å². The topological polar surface area (TPSA) is 24.1 Å². The van der Waals surface area contributed by atoms with Crippen LogP contribution < -0.4 is 10.6 Å². The average molecular weight is 663 g/mol. The third-order valence-corrected chi connectivity index (χ3v) is 9.90. The number of nitrogens with one attached hydrogen (secondary N) is 2. The van der Waals surface area contributed by atoms with Crippen LogP contribution in [-0.4, -0.2) is 0 Å². The average Bonchev–Trinajstić information content (AvgIpc) is 3.38. The van der Waals surface area contributed by atoms with Crippen molar-refractivity contribution < 1.29 is 0 Å². The molecule has 7 aromatic rings. The summed E-state index contributed by atoms with van der Waals surface area (Å²) < 4.78 is 0. The summed E-state index contributed by atoms with van der Waals surface area (Å²) in [6.07, 6.45) is 0. The van der Waals surface area contributed by atoms with Crippen LogP contribution >= 0.6 is 0 Å². The summed E-state index contributed by atoms with van der Waals surface area (Å²) in [6, 6.07) is 62.3. The Bertz CT molecular complexity index is 2210. The number of hydrogen-bond donors (Lipinski definition) is 2. The molecule has 0 bridgehead atoms. The van der Waals surface area contributed by atoms with Gasteiger partial charge in [0.15, 0.2) is 0 Å². The van der Waals surface area contributed by atoms with Crippen molar-refractivity contribution in [3.8, 4) is 33.4 Å². The Balaban J connectivity index is 0.000000163. The minimum Gasteiger partial charge on any atom is -0.356 e. The molecule has 0 amide bonds. The second-order valence-electron chi connectivity index (χ2n) is 14.9. The number of anilines is 4. The molecule has 0 aromatic heterocycles. The van der Waals surface area contributed by atoms with Crippen molar-refractivity contribution in [1.82, 2.24) is 0 Å². The van der Waals surface area contributed by atoms with Gasteiger partial charge in [0.25, 0.3) is 0 Å². The fourth-order valence-electron chi connectivity index (χ4n) is 6.92. The van der Waals surface area contributed by atoms with E-state index >= 15 is 0 Å². The minimum absolute atomic E-state index is 0.0286. The van der Waals surface area contributed by atoms with Gasteiger partial charge in [-0.15, -0.1) is 0 Å². The molecule has 2 heteroatoms. The third-order valence-electron chi connectivity index (χ3n) is 9.90. The van der Waals surface area contributed by atoms with E-state index in [2.05, 4.69) is 209 Å². The molecule has 0 heterocycles. The quantitative estimate of drug-likeness (QED) is 0.185. The van der Waals surface area contributed by atoms with Crippen LogP contribution in [-0.2, 0) is 10.8 Å². The summed E-state index contributed by atoms with van der Waals surface area (Å²) in [5.41, 5.74) is 16.5.